The van der Waals surface area contributed by atoms with E-state index in [0.29, 0.717) is 0 Å². The fourth-order valence-corrected chi connectivity index (χ4v) is 2.33. The summed E-state index contributed by atoms with van der Waals surface area (Å²) in [5.41, 5.74) is 13.3. The van der Waals surface area contributed by atoms with Gasteiger partial charge in [-0.05, 0) is 97.1 Å². The summed E-state index contributed by atoms with van der Waals surface area (Å²) in [6.07, 6.45) is 8.74. The van der Waals surface area contributed by atoms with E-state index in [4.69, 9.17) is 21.7 Å². The number of aliphatic hydroxyl groups excluding tert-OH is 2. The van der Waals surface area contributed by atoms with E-state index in [9.17, 15) is 0 Å². The fraction of sp³-hybridized carbons (Fsp3) is 0.304. The molecule has 0 amide bonds. The van der Waals surface area contributed by atoms with Crippen LogP contribution in [0.2, 0.25) is 0 Å². The van der Waals surface area contributed by atoms with Gasteiger partial charge in [-0.2, -0.15) is 0 Å². The molecule has 5 nitrogen and oxygen atoms in total. The van der Waals surface area contributed by atoms with Gasteiger partial charge in [0.15, 0.2) is 0 Å². The Labute approximate surface area is 188 Å². The van der Waals surface area contributed by atoms with Gasteiger partial charge in [-0.1, -0.05) is 24.2 Å². The quantitative estimate of drug-likeness (QED) is 0.214. The molecule has 0 bridgehead atoms. The smallest absolute Gasteiger partial charge is 0.104 e. The van der Waals surface area contributed by atoms with Crippen LogP contribution in [0, 0.1) is 27.8 Å². The van der Waals surface area contributed by atoms with Gasteiger partial charge in [-0.3, -0.25) is 0 Å². The van der Waals surface area contributed by atoms with Gasteiger partial charge in [0.1, 0.15) is 13.2 Å². The molecule has 0 aromatic heterocycles. The summed E-state index contributed by atoms with van der Waals surface area (Å²) in [4.78, 5) is 0. The van der Waals surface area contributed by atoms with Crippen molar-refractivity contribution in [3.8, 4) is 24.2 Å². The third kappa shape index (κ3) is 17.6. The number of anilines is 2. The molecule has 1 fully saturated rings. The molecular weight excluding hydrogens is 477 g/mol. The topological polar surface area (TPSA) is 105 Å². The lowest BCUT2D eigenvalue weighted by molar-refractivity contribution is 0.350. The number of halogens is 1. The number of hydrogen-bond donors (Lipinski definition) is 5. The van der Waals surface area contributed by atoms with Gasteiger partial charge in [-0.15, -0.1) is 6.42 Å². The maximum Gasteiger partial charge on any atom is 0.104 e. The van der Waals surface area contributed by atoms with Gasteiger partial charge < -0.3 is 27.0 Å². The summed E-state index contributed by atoms with van der Waals surface area (Å²) in [6, 6.07) is 14.9. The number of rotatable bonds is 0. The van der Waals surface area contributed by atoms with E-state index >= 15 is 0 Å². The number of hydrogen-bond acceptors (Lipinski definition) is 5. The highest BCUT2D eigenvalue weighted by atomic mass is 127. The maximum absolute atomic E-state index is 8.38. The first kappa shape index (κ1) is 26.8. The van der Waals surface area contributed by atoms with Crippen molar-refractivity contribution in [2.24, 2.45) is 0 Å². The maximum atomic E-state index is 8.38. The number of nitrogens with one attached hydrogen (secondary N) is 1. The van der Waals surface area contributed by atoms with Crippen LogP contribution < -0.4 is 16.8 Å². The van der Waals surface area contributed by atoms with Crippen LogP contribution in [0.3, 0.4) is 0 Å². The van der Waals surface area contributed by atoms with Crippen molar-refractivity contribution in [3.63, 3.8) is 0 Å². The summed E-state index contributed by atoms with van der Waals surface area (Å²) in [6.45, 7) is 2.24. The third-order valence-corrected chi connectivity index (χ3v) is 4.11. The molecule has 0 spiro atoms. The van der Waals surface area contributed by atoms with E-state index in [0.717, 1.165) is 16.9 Å². The number of nitrogen functional groups attached to an aromatic ring is 2. The predicted molar refractivity (Wildman–Crippen MR) is 131 cm³/mol. The highest BCUT2D eigenvalue weighted by molar-refractivity contribution is 14.1. The molecule has 0 radical (unpaired) electrons. The lowest BCUT2D eigenvalue weighted by Gasteiger charge is -2.08. The van der Waals surface area contributed by atoms with Crippen molar-refractivity contribution >= 4 is 34.0 Å². The molecule has 29 heavy (non-hydrogen) atoms. The number of terminal acetylenes is 1. The zero-order valence-corrected chi connectivity index (χ0v) is 18.7. The molecule has 0 saturated carbocycles. The van der Waals surface area contributed by atoms with E-state index in [1.54, 1.807) is 12.1 Å². The summed E-state index contributed by atoms with van der Waals surface area (Å²) in [7, 11) is 0. The van der Waals surface area contributed by atoms with E-state index in [1.807, 2.05) is 42.3 Å². The average Bonchev–Trinajstić information content (AvgIpc) is 2.78. The molecule has 1 aliphatic rings. The minimum Gasteiger partial charge on any atom is -0.399 e. The number of piperidine rings is 1. The van der Waals surface area contributed by atoms with Crippen molar-refractivity contribution in [1.29, 1.82) is 0 Å². The van der Waals surface area contributed by atoms with Crippen LogP contribution in [0.25, 0.3) is 0 Å². The number of aliphatic hydroxyl groups is 2. The second-order valence-corrected chi connectivity index (χ2v) is 7.05. The molecule has 0 unspecified atom stereocenters. The monoisotopic (exact) mass is 507 g/mol. The number of nitrogens with two attached hydrogens (primary N) is 2. The van der Waals surface area contributed by atoms with Gasteiger partial charge in [-0.25, -0.2) is 0 Å². The van der Waals surface area contributed by atoms with Crippen molar-refractivity contribution in [3.05, 3.63) is 57.7 Å². The molecule has 6 heteroatoms. The lowest BCUT2D eigenvalue weighted by atomic mass is 10.2. The van der Waals surface area contributed by atoms with Crippen LogP contribution in [0.1, 0.15) is 24.8 Å². The molecule has 2 aromatic carbocycles. The van der Waals surface area contributed by atoms with Crippen molar-refractivity contribution in [1.82, 2.24) is 5.32 Å². The van der Waals surface area contributed by atoms with Crippen molar-refractivity contribution < 1.29 is 10.2 Å². The summed E-state index contributed by atoms with van der Waals surface area (Å²) >= 11 is 2.24. The van der Waals surface area contributed by atoms with E-state index in [1.165, 1.54) is 35.9 Å². The standard InChI is InChI=1S/C9H9NO.C6H6IN.C5H11N.C3H4O/c10-9-5-3-8(4-6-9)2-1-7-11;7-5-1-3-6(8)4-2-5;1-2-4-6-5-3-1;1-2-3-4/h3-6,11H,7,10H2;1-4H,8H2;6H,1-5H2;1,4H,3H2. The molecule has 0 atom stereocenters. The highest BCUT2D eigenvalue weighted by Gasteiger charge is 1.93. The van der Waals surface area contributed by atoms with E-state index < -0.39 is 0 Å². The summed E-state index contributed by atoms with van der Waals surface area (Å²) < 4.78 is 1.22. The average molecular weight is 507 g/mol. The second kappa shape index (κ2) is 19.1. The summed E-state index contributed by atoms with van der Waals surface area (Å²) in [5, 5.41) is 19.3. The molecule has 7 N–H and O–H groups in total. The zero-order valence-electron chi connectivity index (χ0n) is 16.6. The van der Waals surface area contributed by atoms with Crippen LogP contribution in [0.5, 0.6) is 0 Å². The Morgan fingerprint density at radius 2 is 1.34 bits per heavy atom. The Bertz CT molecular complexity index is 708. The van der Waals surface area contributed by atoms with Crippen LogP contribution in [-0.4, -0.2) is 36.5 Å². The summed E-state index contributed by atoms with van der Waals surface area (Å²) in [5.74, 6) is 7.30. The molecule has 0 aliphatic carbocycles. The number of benzene rings is 2. The predicted octanol–water partition coefficient (Wildman–Crippen LogP) is 2.86. The molecule has 1 saturated heterocycles. The fourth-order valence-electron chi connectivity index (χ4n) is 1.97. The lowest BCUT2D eigenvalue weighted by Crippen LogP contribution is -2.21. The van der Waals surface area contributed by atoms with Gasteiger partial charge in [0.25, 0.3) is 0 Å². The zero-order chi connectivity index (χ0) is 21.7. The van der Waals surface area contributed by atoms with Crippen molar-refractivity contribution in [2.45, 2.75) is 19.3 Å². The van der Waals surface area contributed by atoms with Gasteiger partial charge in [0, 0.05) is 20.5 Å². The van der Waals surface area contributed by atoms with Crippen LogP contribution in [0.4, 0.5) is 11.4 Å². The van der Waals surface area contributed by atoms with Crippen molar-refractivity contribution in [2.75, 3.05) is 37.8 Å². The molecule has 3 rings (SSSR count). The molecule has 1 heterocycles. The third-order valence-electron chi connectivity index (χ3n) is 3.39. The Kier molecular flexibility index (Phi) is 17.6. The van der Waals surface area contributed by atoms with Crippen LogP contribution >= 0.6 is 22.6 Å². The Balaban J connectivity index is 0.000000384. The first-order valence-electron chi connectivity index (χ1n) is 9.24. The van der Waals surface area contributed by atoms with E-state index in [2.05, 4.69) is 46.2 Å². The SMILES string of the molecule is C#CCO.C1CCNCC1.Nc1ccc(C#CCO)cc1.Nc1ccc(I)cc1. The molecule has 1 aliphatic heterocycles. The van der Waals surface area contributed by atoms with Crippen LogP contribution in [0.15, 0.2) is 48.5 Å². The second-order valence-electron chi connectivity index (χ2n) is 5.81. The van der Waals surface area contributed by atoms with Crippen LogP contribution in [-0.2, 0) is 0 Å². The van der Waals surface area contributed by atoms with Gasteiger partial charge in [0.2, 0.25) is 0 Å². The van der Waals surface area contributed by atoms with Gasteiger partial charge >= 0.3 is 0 Å². The van der Waals surface area contributed by atoms with E-state index in [-0.39, 0.29) is 13.2 Å². The Morgan fingerprint density at radius 1 is 0.862 bits per heavy atom. The Morgan fingerprint density at radius 3 is 1.66 bits per heavy atom. The first-order chi connectivity index (χ1) is 14.0. The minimum atomic E-state index is -0.153. The largest absolute Gasteiger partial charge is 0.399 e. The highest BCUT2D eigenvalue weighted by Crippen LogP contribution is 2.06. The molecule has 156 valence electrons. The minimum absolute atomic E-state index is 0.107. The molecule has 2 aromatic rings. The molecular formula is C23H30IN3O2. The van der Waals surface area contributed by atoms with Gasteiger partial charge in [0.05, 0.1) is 0 Å². The first-order valence-corrected chi connectivity index (χ1v) is 10.3. The Hall–Kier alpha value is -2.23. The normalized spacial score (nSPS) is 11.4.